The first-order valence-electron chi connectivity index (χ1n) is 7.42. The molecule has 5 heteroatoms. The number of aryl methyl sites for hydroxylation is 1. The molecule has 114 valence electrons. The Kier molecular flexibility index (Phi) is 4.63. The summed E-state index contributed by atoms with van der Waals surface area (Å²) >= 11 is 1.26. The lowest BCUT2D eigenvalue weighted by Crippen LogP contribution is -2.33. The summed E-state index contributed by atoms with van der Waals surface area (Å²) in [6, 6.07) is 13.6. The first kappa shape index (κ1) is 14.9. The smallest absolute Gasteiger partial charge is 0.251 e. The van der Waals surface area contributed by atoms with Crippen LogP contribution in [0.2, 0.25) is 0 Å². The van der Waals surface area contributed by atoms with Crippen LogP contribution in [0.1, 0.15) is 30.0 Å². The van der Waals surface area contributed by atoms with E-state index in [0.717, 1.165) is 24.0 Å². The number of thioether (sulfide) groups is 1. The fourth-order valence-corrected chi connectivity index (χ4v) is 3.53. The Morgan fingerprint density at radius 3 is 2.95 bits per heavy atom. The highest BCUT2D eigenvalue weighted by atomic mass is 32.2. The molecule has 1 aliphatic rings. The molecule has 1 atom stereocenters. The SMILES string of the molecule is O=C(CSc1cccc[n+]1[O-])N[C@@H]1CCCc2ccccc21. The van der Waals surface area contributed by atoms with Gasteiger partial charge in [0.2, 0.25) is 5.91 Å². The molecule has 0 unspecified atom stereocenters. The summed E-state index contributed by atoms with van der Waals surface area (Å²) in [5, 5.41) is 15.2. The Morgan fingerprint density at radius 1 is 1.27 bits per heavy atom. The van der Waals surface area contributed by atoms with E-state index in [1.807, 2.05) is 12.1 Å². The number of carbonyl (C=O) groups excluding carboxylic acids is 1. The maximum absolute atomic E-state index is 12.2. The Hall–Kier alpha value is -2.01. The average Bonchev–Trinajstić information content (AvgIpc) is 2.54. The summed E-state index contributed by atoms with van der Waals surface area (Å²) in [7, 11) is 0. The lowest BCUT2D eigenvalue weighted by molar-refractivity contribution is -0.645. The van der Waals surface area contributed by atoms with Gasteiger partial charge in [-0.05, 0) is 48.2 Å². The maximum atomic E-state index is 12.2. The first-order valence-corrected chi connectivity index (χ1v) is 8.41. The Morgan fingerprint density at radius 2 is 2.09 bits per heavy atom. The predicted molar refractivity (Wildman–Crippen MR) is 86.4 cm³/mol. The second-order valence-electron chi connectivity index (χ2n) is 5.36. The summed E-state index contributed by atoms with van der Waals surface area (Å²) in [4.78, 5) is 12.2. The van der Waals surface area contributed by atoms with Gasteiger partial charge in [-0.3, -0.25) is 4.79 Å². The minimum Gasteiger partial charge on any atom is -0.618 e. The molecule has 1 N–H and O–H groups in total. The fourth-order valence-electron chi connectivity index (χ4n) is 2.80. The highest BCUT2D eigenvalue weighted by Gasteiger charge is 2.21. The Balaban J connectivity index is 1.60. The largest absolute Gasteiger partial charge is 0.618 e. The average molecular weight is 314 g/mol. The number of fused-ring (bicyclic) bond motifs is 1. The maximum Gasteiger partial charge on any atom is 0.251 e. The van der Waals surface area contributed by atoms with Gasteiger partial charge in [0.1, 0.15) is 0 Å². The topological polar surface area (TPSA) is 56.0 Å². The van der Waals surface area contributed by atoms with Crippen molar-refractivity contribution in [2.45, 2.75) is 30.3 Å². The van der Waals surface area contributed by atoms with Crippen molar-refractivity contribution in [1.29, 1.82) is 0 Å². The minimum atomic E-state index is -0.0319. The molecule has 1 aromatic heterocycles. The third-order valence-corrected chi connectivity index (χ3v) is 4.86. The molecule has 2 aromatic rings. The highest BCUT2D eigenvalue weighted by molar-refractivity contribution is 7.99. The molecule has 1 aliphatic carbocycles. The number of hydrogen-bond acceptors (Lipinski definition) is 3. The summed E-state index contributed by atoms with van der Waals surface area (Å²) in [6.07, 6.45) is 4.59. The van der Waals surface area contributed by atoms with Crippen LogP contribution < -0.4 is 10.0 Å². The number of hydrogen-bond donors (Lipinski definition) is 1. The van der Waals surface area contributed by atoms with Crippen LogP contribution in [0.25, 0.3) is 0 Å². The molecule has 1 aromatic carbocycles. The number of carbonyl (C=O) groups is 1. The third kappa shape index (κ3) is 3.42. The number of amides is 1. The molecule has 0 aliphatic heterocycles. The Labute approximate surface area is 134 Å². The van der Waals surface area contributed by atoms with E-state index in [0.29, 0.717) is 5.03 Å². The number of rotatable bonds is 4. The van der Waals surface area contributed by atoms with Crippen LogP contribution in [-0.2, 0) is 11.2 Å². The number of pyridine rings is 1. The van der Waals surface area contributed by atoms with E-state index in [1.54, 1.807) is 18.2 Å². The van der Waals surface area contributed by atoms with Gasteiger partial charge in [-0.1, -0.05) is 24.3 Å². The van der Waals surface area contributed by atoms with Crippen LogP contribution in [-0.4, -0.2) is 11.7 Å². The highest BCUT2D eigenvalue weighted by Crippen LogP contribution is 2.29. The van der Waals surface area contributed by atoms with E-state index in [-0.39, 0.29) is 17.7 Å². The first-order chi connectivity index (χ1) is 10.7. The standard InChI is InChI=1S/C17H18N2O2S/c20-16(12-22-17-10-3-4-11-19(17)21)18-15-9-5-7-13-6-1-2-8-14(13)15/h1-4,6,8,10-11,15H,5,7,9,12H2,(H,18,20)/t15-/m1/s1. The molecular formula is C17H18N2O2S. The van der Waals surface area contributed by atoms with Crippen molar-refractivity contribution in [2.75, 3.05) is 5.75 Å². The van der Waals surface area contributed by atoms with Gasteiger partial charge in [-0.2, -0.15) is 4.73 Å². The zero-order chi connectivity index (χ0) is 15.4. The lowest BCUT2D eigenvalue weighted by Gasteiger charge is -2.26. The van der Waals surface area contributed by atoms with Crippen molar-refractivity contribution in [1.82, 2.24) is 5.32 Å². The van der Waals surface area contributed by atoms with E-state index in [1.165, 1.54) is 29.1 Å². The van der Waals surface area contributed by atoms with Crippen LogP contribution in [0.4, 0.5) is 0 Å². The van der Waals surface area contributed by atoms with Crippen LogP contribution in [0.15, 0.2) is 53.7 Å². The van der Waals surface area contributed by atoms with E-state index < -0.39 is 0 Å². The molecule has 0 saturated heterocycles. The van der Waals surface area contributed by atoms with Crippen molar-refractivity contribution in [3.63, 3.8) is 0 Å². The summed E-state index contributed by atoms with van der Waals surface area (Å²) < 4.78 is 0.786. The van der Waals surface area contributed by atoms with E-state index in [9.17, 15) is 10.0 Å². The van der Waals surface area contributed by atoms with Gasteiger partial charge in [-0.15, -0.1) is 0 Å². The molecule has 1 heterocycles. The number of benzene rings is 1. The number of nitrogens with zero attached hydrogens (tertiary/aromatic N) is 1. The third-order valence-electron chi connectivity index (χ3n) is 3.84. The van der Waals surface area contributed by atoms with Gasteiger partial charge in [0.25, 0.3) is 5.03 Å². The molecule has 22 heavy (non-hydrogen) atoms. The molecular weight excluding hydrogens is 296 g/mol. The zero-order valence-electron chi connectivity index (χ0n) is 12.2. The second kappa shape index (κ2) is 6.83. The van der Waals surface area contributed by atoms with Crippen LogP contribution >= 0.6 is 11.8 Å². The van der Waals surface area contributed by atoms with Crippen LogP contribution in [0.3, 0.4) is 0 Å². The zero-order valence-corrected chi connectivity index (χ0v) is 13.0. The number of aromatic nitrogens is 1. The van der Waals surface area contributed by atoms with Crippen molar-refractivity contribution in [3.05, 3.63) is 65.0 Å². The Bertz CT molecular complexity index is 675. The van der Waals surface area contributed by atoms with Crippen molar-refractivity contribution in [2.24, 2.45) is 0 Å². The van der Waals surface area contributed by atoms with Gasteiger partial charge in [0.05, 0.1) is 11.8 Å². The monoisotopic (exact) mass is 314 g/mol. The summed E-state index contributed by atoms with van der Waals surface area (Å²) in [5.74, 6) is 0.223. The molecule has 0 radical (unpaired) electrons. The predicted octanol–water partition coefficient (Wildman–Crippen LogP) is 2.61. The quantitative estimate of drug-likeness (QED) is 0.536. The summed E-state index contributed by atoms with van der Waals surface area (Å²) in [5.41, 5.74) is 2.55. The minimum absolute atomic E-state index is 0.0319. The fraction of sp³-hybridized carbons (Fsp3) is 0.294. The van der Waals surface area contributed by atoms with E-state index >= 15 is 0 Å². The molecule has 4 nitrogen and oxygen atoms in total. The van der Waals surface area contributed by atoms with Crippen molar-refractivity contribution >= 4 is 17.7 Å². The molecule has 0 saturated carbocycles. The molecule has 0 bridgehead atoms. The van der Waals surface area contributed by atoms with Crippen LogP contribution in [0, 0.1) is 5.21 Å². The molecule has 0 spiro atoms. The van der Waals surface area contributed by atoms with Crippen molar-refractivity contribution in [3.8, 4) is 0 Å². The van der Waals surface area contributed by atoms with Gasteiger partial charge in [-0.25, -0.2) is 0 Å². The number of nitrogens with one attached hydrogen (secondary N) is 1. The van der Waals surface area contributed by atoms with Crippen LogP contribution in [0.5, 0.6) is 0 Å². The lowest BCUT2D eigenvalue weighted by atomic mass is 9.88. The normalized spacial score (nSPS) is 16.8. The van der Waals surface area contributed by atoms with Gasteiger partial charge >= 0.3 is 0 Å². The van der Waals surface area contributed by atoms with Gasteiger partial charge in [0.15, 0.2) is 6.20 Å². The summed E-state index contributed by atoms with van der Waals surface area (Å²) in [6.45, 7) is 0. The molecule has 0 fully saturated rings. The van der Waals surface area contributed by atoms with Gasteiger partial charge < -0.3 is 10.5 Å². The van der Waals surface area contributed by atoms with Gasteiger partial charge in [0, 0.05) is 12.1 Å². The van der Waals surface area contributed by atoms with E-state index in [2.05, 4.69) is 17.4 Å². The van der Waals surface area contributed by atoms with Crippen molar-refractivity contribution < 1.29 is 9.52 Å². The van der Waals surface area contributed by atoms with E-state index in [4.69, 9.17) is 0 Å². The molecule has 3 rings (SSSR count). The second-order valence-corrected chi connectivity index (χ2v) is 6.36. The molecule has 1 amide bonds.